The summed E-state index contributed by atoms with van der Waals surface area (Å²) in [5.41, 5.74) is 0.726. The molecule has 18 heavy (non-hydrogen) atoms. The van der Waals surface area contributed by atoms with E-state index in [0.717, 1.165) is 10.7 Å². The Morgan fingerprint density at radius 1 is 1.44 bits per heavy atom. The van der Waals surface area contributed by atoms with E-state index in [4.69, 9.17) is 0 Å². The zero-order chi connectivity index (χ0) is 13.5. The second-order valence-electron chi connectivity index (χ2n) is 4.43. The van der Waals surface area contributed by atoms with Gasteiger partial charge in [-0.2, -0.15) is 0 Å². The van der Waals surface area contributed by atoms with Gasteiger partial charge in [-0.05, 0) is 13.8 Å². The summed E-state index contributed by atoms with van der Waals surface area (Å²) in [5, 5.41) is 0.467. The van der Waals surface area contributed by atoms with Crippen LogP contribution >= 0.6 is 11.3 Å². The maximum Gasteiger partial charge on any atom is 0.265 e. The Morgan fingerprint density at radius 2 is 2.06 bits per heavy atom. The van der Waals surface area contributed by atoms with E-state index in [9.17, 15) is 13.2 Å². The number of carbonyl (C=O) groups excluding carboxylic acids is 1. The van der Waals surface area contributed by atoms with Crippen molar-refractivity contribution in [1.82, 2.24) is 9.88 Å². The molecule has 1 aliphatic heterocycles. The van der Waals surface area contributed by atoms with E-state index in [0.29, 0.717) is 18.0 Å². The third kappa shape index (κ3) is 2.29. The highest BCUT2D eigenvalue weighted by molar-refractivity contribution is 7.92. The molecule has 1 aliphatic rings. The summed E-state index contributed by atoms with van der Waals surface area (Å²) in [7, 11) is -3.02. The smallest absolute Gasteiger partial charge is 0.265 e. The molecule has 1 aromatic heterocycles. The first kappa shape index (κ1) is 13.5. The number of nitrogens with zero attached hydrogens (tertiary/aromatic N) is 2. The van der Waals surface area contributed by atoms with Gasteiger partial charge in [0.25, 0.3) is 5.91 Å². The molecule has 0 spiro atoms. The van der Waals surface area contributed by atoms with Crippen molar-refractivity contribution >= 4 is 27.1 Å². The number of hydrogen-bond acceptors (Lipinski definition) is 5. The SMILES string of the molecule is CCS(=O)(=O)C1CN(C(=O)c2sc(C)nc2C)C1. The maximum atomic E-state index is 12.1. The van der Waals surface area contributed by atoms with Gasteiger partial charge in [-0.15, -0.1) is 11.3 Å². The summed E-state index contributed by atoms with van der Waals surface area (Å²) >= 11 is 1.36. The average Bonchev–Trinajstić information content (AvgIpc) is 2.55. The molecule has 0 atom stereocenters. The van der Waals surface area contributed by atoms with Gasteiger partial charge in [-0.3, -0.25) is 4.79 Å². The minimum atomic E-state index is -3.02. The molecule has 0 radical (unpaired) electrons. The summed E-state index contributed by atoms with van der Waals surface area (Å²) in [6.45, 7) is 5.92. The summed E-state index contributed by atoms with van der Waals surface area (Å²) in [5.74, 6) is 0.0407. The average molecular weight is 288 g/mol. The van der Waals surface area contributed by atoms with E-state index in [1.165, 1.54) is 11.3 Å². The number of aryl methyl sites for hydroxylation is 2. The molecule has 1 amide bonds. The number of amides is 1. The van der Waals surface area contributed by atoms with Crippen molar-refractivity contribution in [2.24, 2.45) is 0 Å². The van der Waals surface area contributed by atoms with Crippen LogP contribution in [0.4, 0.5) is 0 Å². The highest BCUT2D eigenvalue weighted by Gasteiger charge is 2.39. The normalized spacial score (nSPS) is 16.7. The molecule has 0 aromatic carbocycles. The standard InChI is InChI=1S/C11H16N2O3S2/c1-4-18(15,16)9-5-13(6-9)11(14)10-7(2)12-8(3)17-10/h9H,4-6H2,1-3H3. The molecule has 2 heterocycles. The number of hydrogen-bond donors (Lipinski definition) is 0. The Labute approximate surface area is 111 Å². The van der Waals surface area contributed by atoms with E-state index in [2.05, 4.69) is 4.98 Å². The van der Waals surface area contributed by atoms with Gasteiger partial charge in [-0.25, -0.2) is 13.4 Å². The number of aromatic nitrogens is 1. The highest BCUT2D eigenvalue weighted by atomic mass is 32.2. The number of rotatable bonds is 3. The van der Waals surface area contributed by atoms with Crippen LogP contribution in [0.25, 0.3) is 0 Å². The molecule has 2 rings (SSSR count). The molecule has 0 N–H and O–H groups in total. The molecule has 1 aromatic rings. The van der Waals surface area contributed by atoms with Crippen molar-refractivity contribution in [1.29, 1.82) is 0 Å². The van der Waals surface area contributed by atoms with Crippen LogP contribution in [0.5, 0.6) is 0 Å². The van der Waals surface area contributed by atoms with E-state index in [1.54, 1.807) is 18.7 Å². The molecule has 0 bridgehead atoms. The molecule has 1 saturated heterocycles. The summed E-state index contributed by atoms with van der Waals surface area (Å²) in [6.07, 6.45) is 0. The lowest BCUT2D eigenvalue weighted by Crippen LogP contribution is -2.57. The first-order valence-electron chi connectivity index (χ1n) is 5.80. The first-order chi connectivity index (χ1) is 8.35. The third-order valence-corrected chi connectivity index (χ3v) is 6.32. The summed E-state index contributed by atoms with van der Waals surface area (Å²) < 4.78 is 23.2. The molecule has 1 fully saturated rings. The Kier molecular flexibility index (Phi) is 3.46. The van der Waals surface area contributed by atoms with Crippen LogP contribution in [0.1, 0.15) is 27.3 Å². The lowest BCUT2D eigenvalue weighted by molar-refractivity contribution is 0.0663. The molecular weight excluding hydrogens is 272 g/mol. The van der Waals surface area contributed by atoms with Crippen LogP contribution in [0.15, 0.2) is 0 Å². The molecular formula is C11H16N2O3S2. The molecule has 7 heteroatoms. The number of sulfone groups is 1. The number of carbonyl (C=O) groups is 1. The van der Waals surface area contributed by atoms with Gasteiger partial charge in [0.1, 0.15) is 4.88 Å². The van der Waals surface area contributed by atoms with Crippen molar-refractivity contribution < 1.29 is 13.2 Å². The van der Waals surface area contributed by atoms with Gasteiger partial charge < -0.3 is 4.90 Å². The molecule has 0 aliphatic carbocycles. The zero-order valence-electron chi connectivity index (χ0n) is 10.6. The Hall–Kier alpha value is -0.950. The largest absolute Gasteiger partial charge is 0.335 e. The van der Waals surface area contributed by atoms with Crippen LogP contribution in [-0.2, 0) is 9.84 Å². The topological polar surface area (TPSA) is 67.3 Å². The summed E-state index contributed by atoms with van der Waals surface area (Å²) in [6, 6.07) is 0. The summed E-state index contributed by atoms with van der Waals surface area (Å²) in [4.78, 5) is 18.5. The Morgan fingerprint density at radius 3 is 2.50 bits per heavy atom. The van der Waals surface area contributed by atoms with Crippen LogP contribution in [0.2, 0.25) is 0 Å². The molecule has 0 unspecified atom stereocenters. The van der Waals surface area contributed by atoms with Crippen LogP contribution < -0.4 is 0 Å². The minimum absolute atomic E-state index is 0.0966. The highest BCUT2D eigenvalue weighted by Crippen LogP contribution is 2.24. The van der Waals surface area contributed by atoms with E-state index >= 15 is 0 Å². The van der Waals surface area contributed by atoms with E-state index in [1.807, 2.05) is 6.92 Å². The predicted molar refractivity (Wildman–Crippen MR) is 70.7 cm³/mol. The van der Waals surface area contributed by atoms with Gasteiger partial charge in [-0.1, -0.05) is 6.92 Å². The van der Waals surface area contributed by atoms with Crippen molar-refractivity contribution in [2.75, 3.05) is 18.8 Å². The monoisotopic (exact) mass is 288 g/mol. The van der Waals surface area contributed by atoms with Gasteiger partial charge in [0.15, 0.2) is 9.84 Å². The maximum absolute atomic E-state index is 12.1. The second-order valence-corrected chi connectivity index (χ2v) is 8.20. The second kappa shape index (κ2) is 4.62. The van der Waals surface area contributed by atoms with Crippen molar-refractivity contribution in [3.63, 3.8) is 0 Å². The fraction of sp³-hybridized carbons (Fsp3) is 0.636. The first-order valence-corrected chi connectivity index (χ1v) is 8.33. The quantitative estimate of drug-likeness (QED) is 0.833. The fourth-order valence-corrected chi connectivity index (χ4v) is 4.11. The Balaban J connectivity index is 2.05. The van der Waals surface area contributed by atoms with Crippen LogP contribution in [0, 0.1) is 13.8 Å². The number of thiazole rings is 1. The lowest BCUT2D eigenvalue weighted by Gasteiger charge is -2.38. The molecule has 0 saturated carbocycles. The van der Waals surface area contributed by atoms with Crippen molar-refractivity contribution in [3.05, 3.63) is 15.6 Å². The number of likely N-dealkylation sites (tertiary alicyclic amines) is 1. The van der Waals surface area contributed by atoms with Crippen molar-refractivity contribution in [2.45, 2.75) is 26.0 Å². The predicted octanol–water partition coefficient (Wildman–Crippen LogP) is 1.02. The van der Waals surface area contributed by atoms with Gasteiger partial charge in [0, 0.05) is 18.8 Å². The van der Waals surface area contributed by atoms with E-state index < -0.39 is 9.84 Å². The van der Waals surface area contributed by atoms with Crippen LogP contribution in [-0.4, -0.2) is 48.3 Å². The third-order valence-electron chi connectivity index (χ3n) is 3.14. The lowest BCUT2D eigenvalue weighted by atomic mass is 10.2. The minimum Gasteiger partial charge on any atom is -0.335 e. The van der Waals surface area contributed by atoms with Gasteiger partial charge >= 0.3 is 0 Å². The molecule has 100 valence electrons. The van der Waals surface area contributed by atoms with Gasteiger partial charge in [0.05, 0.1) is 16.0 Å². The molecule has 5 nitrogen and oxygen atoms in total. The van der Waals surface area contributed by atoms with E-state index in [-0.39, 0.29) is 16.9 Å². The fourth-order valence-electron chi connectivity index (χ4n) is 1.94. The Bertz CT molecular complexity index is 571. The van der Waals surface area contributed by atoms with Crippen LogP contribution in [0.3, 0.4) is 0 Å². The van der Waals surface area contributed by atoms with Crippen molar-refractivity contribution in [3.8, 4) is 0 Å². The van der Waals surface area contributed by atoms with Gasteiger partial charge in [0.2, 0.25) is 0 Å². The zero-order valence-corrected chi connectivity index (χ0v) is 12.3.